The zero-order chi connectivity index (χ0) is 25.1. The quantitative estimate of drug-likeness (QED) is 0.540. The lowest BCUT2D eigenvalue weighted by atomic mass is 10.1. The minimum absolute atomic E-state index is 0.0300. The Morgan fingerprint density at radius 3 is 2.50 bits per heavy atom. The number of aromatic nitrogens is 5. The molecule has 1 N–H and O–H groups in total. The molecule has 3 aromatic rings. The molecule has 0 saturated heterocycles. The number of hydrogen-bond donors (Lipinski definition) is 1. The van der Waals surface area contributed by atoms with E-state index in [1.54, 1.807) is 0 Å². The van der Waals surface area contributed by atoms with Crippen molar-refractivity contribution in [2.45, 2.75) is 37.4 Å². The molecule has 0 unspecified atom stereocenters. The fourth-order valence-corrected chi connectivity index (χ4v) is 4.20. The third kappa shape index (κ3) is 3.67. The summed E-state index contributed by atoms with van der Waals surface area (Å²) in [6.07, 6.45) is -3.57. The van der Waals surface area contributed by atoms with E-state index in [9.17, 15) is 32.0 Å². The molecule has 15 heteroatoms. The maximum atomic E-state index is 13.9. The van der Waals surface area contributed by atoms with E-state index in [1.165, 1.54) is 19.3 Å². The lowest BCUT2D eigenvalue weighted by Crippen LogP contribution is -2.35. The van der Waals surface area contributed by atoms with Gasteiger partial charge in [0.25, 0.3) is 5.91 Å². The van der Waals surface area contributed by atoms with Crippen LogP contribution in [0.15, 0.2) is 12.3 Å². The zero-order valence-electron chi connectivity index (χ0n) is 17.4. The molecule has 1 aliphatic carbocycles. The van der Waals surface area contributed by atoms with Crippen LogP contribution in [0.1, 0.15) is 39.3 Å². The first-order valence-electron chi connectivity index (χ1n) is 9.53. The van der Waals surface area contributed by atoms with Crippen LogP contribution in [0.2, 0.25) is 0 Å². The highest BCUT2D eigenvalue weighted by Gasteiger charge is 2.61. The van der Waals surface area contributed by atoms with Crippen LogP contribution in [0.4, 0.5) is 22.0 Å². The first kappa shape index (κ1) is 23.3. The second kappa shape index (κ2) is 7.59. The molecule has 1 aliphatic rings. The Morgan fingerprint density at radius 1 is 1.26 bits per heavy atom. The number of alkyl halides is 5. The molecule has 3 aromatic heterocycles. The van der Waals surface area contributed by atoms with Crippen molar-refractivity contribution in [3.05, 3.63) is 34.0 Å². The SMILES string of the molecule is Cc1c(C(F)(F)C(F)(F)F)nn(C)c1-n1cc(-c2cc(C(=O)NC3(C#N)CC3)c(C#N)s2)nn1. The van der Waals surface area contributed by atoms with Crippen LogP contribution in [0.3, 0.4) is 0 Å². The zero-order valence-corrected chi connectivity index (χ0v) is 18.2. The molecule has 0 aromatic carbocycles. The van der Waals surface area contributed by atoms with Gasteiger partial charge in [0.2, 0.25) is 0 Å². The number of nitrogens with zero attached hydrogens (tertiary/aromatic N) is 7. The Balaban J connectivity index is 1.68. The van der Waals surface area contributed by atoms with Gasteiger partial charge in [-0.25, -0.2) is 4.68 Å². The van der Waals surface area contributed by atoms with Gasteiger partial charge in [-0.3, -0.25) is 9.48 Å². The van der Waals surface area contributed by atoms with Crippen LogP contribution in [-0.2, 0) is 13.0 Å². The van der Waals surface area contributed by atoms with Crippen molar-refractivity contribution in [1.82, 2.24) is 30.1 Å². The summed E-state index contributed by atoms with van der Waals surface area (Å²) in [5.41, 5.74) is -2.67. The van der Waals surface area contributed by atoms with Crippen LogP contribution in [0.5, 0.6) is 0 Å². The van der Waals surface area contributed by atoms with Crippen molar-refractivity contribution in [3.8, 4) is 28.5 Å². The Labute approximate surface area is 192 Å². The minimum Gasteiger partial charge on any atom is -0.334 e. The van der Waals surface area contributed by atoms with Crippen molar-refractivity contribution in [2.24, 2.45) is 7.05 Å². The molecule has 0 atom stereocenters. The summed E-state index contributed by atoms with van der Waals surface area (Å²) in [6, 6.07) is 5.29. The largest absolute Gasteiger partial charge is 0.459 e. The van der Waals surface area contributed by atoms with Crippen molar-refractivity contribution in [2.75, 3.05) is 0 Å². The fourth-order valence-electron chi connectivity index (χ4n) is 3.30. The summed E-state index contributed by atoms with van der Waals surface area (Å²) in [6.45, 7) is 1.06. The Bertz CT molecular complexity index is 1380. The van der Waals surface area contributed by atoms with E-state index in [0.717, 1.165) is 27.6 Å². The number of hydrogen-bond acceptors (Lipinski definition) is 7. The second-order valence-electron chi connectivity index (χ2n) is 7.65. The number of aryl methyl sites for hydroxylation is 1. The molecule has 1 amide bonds. The third-order valence-corrected chi connectivity index (χ3v) is 6.32. The number of carbonyl (C=O) groups excluding carboxylic acids is 1. The van der Waals surface area contributed by atoms with E-state index in [2.05, 4.69) is 20.7 Å². The molecular formula is C19H13F5N8OS. The highest BCUT2D eigenvalue weighted by atomic mass is 32.1. The number of halogens is 5. The van der Waals surface area contributed by atoms with Crippen molar-refractivity contribution in [1.29, 1.82) is 10.5 Å². The van der Waals surface area contributed by atoms with Gasteiger partial charge in [0.05, 0.1) is 22.7 Å². The normalized spacial score (nSPS) is 15.0. The number of thiophene rings is 1. The average Bonchev–Trinajstić information content (AvgIpc) is 3.09. The van der Waals surface area contributed by atoms with E-state index in [1.807, 2.05) is 12.1 Å². The van der Waals surface area contributed by atoms with Gasteiger partial charge in [-0.15, -0.1) is 16.4 Å². The van der Waals surface area contributed by atoms with Crippen LogP contribution < -0.4 is 5.32 Å². The summed E-state index contributed by atoms with van der Waals surface area (Å²) in [4.78, 5) is 12.9. The van der Waals surface area contributed by atoms with Crippen LogP contribution >= 0.6 is 11.3 Å². The van der Waals surface area contributed by atoms with E-state index in [0.29, 0.717) is 17.7 Å². The fraction of sp³-hybridized carbons (Fsp3) is 0.368. The standard InChI is InChI=1S/C19H13F5N8OS/c1-9-14(18(20,21)19(22,23)24)29-31(2)16(9)32-7-11(28-30-32)12-5-10(13(6-25)34-12)15(33)27-17(8-26)3-4-17/h5,7H,3-4H2,1-2H3,(H,27,33). The average molecular weight is 496 g/mol. The molecule has 0 radical (unpaired) electrons. The molecule has 0 aliphatic heterocycles. The second-order valence-corrected chi connectivity index (χ2v) is 8.71. The number of rotatable bonds is 5. The Morgan fingerprint density at radius 2 is 1.94 bits per heavy atom. The van der Waals surface area contributed by atoms with Crippen LogP contribution in [0.25, 0.3) is 16.4 Å². The minimum atomic E-state index is -5.83. The van der Waals surface area contributed by atoms with Gasteiger partial charge in [0.1, 0.15) is 27.9 Å². The van der Waals surface area contributed by atoms with Gasteiger partial charge >= 0.3 is 12.1 Å². The molecule has 9 nitrogen and oxygen atoms in total. The Hall–Kier alpha value is -3.85. The molecule has 176 valence electrons. The predicted molar refractivity (Wildman–Crippen MR) is 106 cm³/mol. The summed E-state index contributed by atoms with van der Waals surface area (Å²) < 4.78 is 68.0. The smallest absolute Gasteiger partial charge is 0.334 e. The molecule has 3 heterocycles. The highest BCUT2D eigenvalue weighted by Crippen LogP contribution is 2.45. The van der Waals surface area contributed by atoms with Crippen LogP contribution in [-0.4, -0.2) is 42.4 Å². The molecular weight excluding hydrogens is 483 g/mol. The lowest BCUT2D eigenvalue weighted by Gasteiger charge is -2.17. The third-order valence-electron chi connectivity index (χ3n) is 5.26. The topological polar surface area (TPSA) is 125 Å². The number of amides is 1. The molecule has 34 heavy (non-hydrogen) atoms. The van der Waals surface area contributed by atoms with Gasteiger partial charge < -0.3 is 5.32 Å². The Kier molecular flexibility index (Phi) is 5.21. The van der Waals surface area contributed by atoms with Gasteiger partial charge in [0.15, 0.2) is 5.82 Å². The predicted octanol–water partition coefficient (Wildman–Crippen LogP) is 3.35. The maximum Gasteiger partial charge on any atom is 0.459 e. The first-order chi connectivity index (χ1) is 15.8. The van der Waals surface area contributed by atoms with Gasteiger partial charge in [-0.05, 0) is 25.8 Å². The maximum absolute atomic E-state index is 13.9. The molecule has 0 spiro atoms. The van der Waals surface area contributed by atoms with E-state index in [-0.39, 0.29) is 22.0 Å². The van der Waals surface area contributed by atoms with Gasteiger partial charge in [0, 0.05) is 12.6 Å². The first-order valence-corrected chi connectivity index (χ1v) is 10.3. The highest BCUT2D eigenvalue weighted by molar-refractivity contribution is 7.16. The number of nitrogens with one attached hydrogen (secondary N) is 1. The van der Waals surface area contributed by atoms with E-state index < -0.39 is 34.8 Å². The summed E-state index contributed by atoms with van der Waals surface area (Å²) in [7, 11) is 1.18. The van der Waals surface area contributed by atoms with Gasteiger partial charge in [-0.2, -0.15) is 37.6 Å². The van der Waals surface area contributed by atoms with Crippen molar-refractivity contribution in [3.63, 3.8) is 0 Å². The molecule has 1 saturated carbocycles. The summed E-state index contributed by atoms with van der Waals surface area (Å²) >= 11 is 0.913. The van der Waals surface area contributed by atoms with Gasteiger partial charge in [-0.1, -0.05) is 5.21 Å². The lowest BCUT2D eigenvalue weighted by molar-refractivity contribution is -0.291. The molecule has 1 fully saturated rings. The van der Waals surface area contributed by atoms with Crippen molar-refractivity contribution >= 4 is 17.2 Å². The number of nitriles is 2. The summed E-state index contributed by atoms with van der Waals surface area (Å²) in [5, 5.41) is 32.2. The molecule has 0 bridgehead atoms. The van der Waals surface area contributed by atoms with Crippen molar-refractivity contribution < 1.29 is 26.7 Å². The summed E-state index contributed by atoms with van der Waals surface area (Å²) in [5.74, 6) is -5.94. The number of carbonyl (C=O) groups is 1. The molecule has 4 rings (SSSR count). The monoisotopic (exact) mass is 496 g/mol. The van der Waals surface area contributed by atoms with Crippen LogP contribution in [0, 0.1) is 29.6 Å². The van der Waals surface area contributed by atoms with E-state index >= 15 is 0 Å². The van der Waals surface area contributed by atoms with E-state index in [4.69, 9.17) is 5.26 Å².